The summed E-state index contributed by atoms with van der Waals surface area (Å²) >= 11 is 1.14. The summed E-state index contributed by atoms with van der Waals surface area (Å²) in [4.78, 5) is 27.0. The van der Waals surface area contributed by atoms with Crippen molar-refractivity contribution in [1.29, 1.82) is 0 Å². The predicted octanol–water partition coefficient (Wildman–Crippen LogP) is 4.05. The Bertz CT molecular complexity index is 989. The van der Waals surface area contributed by atoms with Gasteiger partial charge in [0.1, 0.15) is 11.5 Å². The molecule has 0 saturated heterocycles. The Hall–Kier alpha value is -2.99. The number of thioether (sulfide) groups is 1. The van der Waals surface area contributed by atoms with E-state index in [9.17, 15) is 19.8 Å². The van der Waals surface area contributed by atoms with Gasteiger partial charge in [-0.2, -0.15) is 0 Å². The third kappa shape index (κ3) is 5.24. The molecule has 1 heterocycles. The van der Waals surface area contributed by atoms with E-state index in [-0.39, 0.29) is 28.8 Å². The highest BCUT2D eigenvalue weighted by Crippen LogP contribution is 2.24. The van der Waals surface area contributed by atoms with Crippen LogP contribution in [0.4, 0.5) is 0 Å². The Balaban J connectivity index is 1.47. The van der Waals surface area contributed by atoms with Crippen molar-refractivity contribution >= 4 is 39.6 Å². The maximum absolute atomic E-state index is 12.0. The van der Waals surface area contributed by atoms with Crippen LogP contribution < -0.4 is 0 Å². The number of aromatic amines is 1. The van der Waals surface area contributed by atoms with E-state index in [0.717, 1.165) is 33.8 Å². The lowest BCUT2D eigenvalue weighted by molar-refractivity contribution is -0.120. The number of nitrogens with one attached hydrogen (secondary N) is 1. The zero-order chi connectivity index (χ0) is 19.2. The second-order valence-electron chi connectivity index (χ2n) is 6.08. The molecular formula is C21H19NO4S. The standard InChI is InChI=1S/C21H19NO4S/c23-16-4-1-14(2-5-16)3-6-18(25)12-21(26)27-10-9-15-13-22-20-8-7-17(24)11-19(15)20/h1-8,11,13,22-24H,9-10,12H2/b6-3+. The number of phenols is 2. The summed E-state index contributed by atoms with van der Waals surface area (Å²) in [6.45, 7) is 0. The second-order valence-corrected chi connectivity index (χ2v) is 7.23. The smallest absolute Gasteiger partial charge is 0.196 e. The number of aromatic hydroxyl groups is 2. The van der Waals surface area contributed by atoms with Crippen molar-refractivity contribution in [2.75, 3.05) is 5.75 Å². The fraction of sp³-hybridized carbons (Fsp3) is 0.143. The van der Waals surface area contributed by atoms with Crippen LogP contribution in [0.25, 0.3) is 17.0 Å². The highest BCUT2D eigenvalue weighted by molar-refractivity contribution is 8.13. The highest BCUT2D eigenvalue weighted by Gasteiger charge is 2.10. The van der Waals surface area contributed by atoms with Gasteiger partial charge in [0.2, 0.25) is 0 Å². The van der Waals surface area contributed by atoms with Gasteiger partial charge in [0.05, 0.1) is 6.42 Å². The third-order valence-electron chi connectivity index (χ3n) is 4.06. The highest BCUT2D eigenvalue weighted by atomic mass is 32.2. The fourth-order valence-electron chi connectivity index (χ4n) is 2.67. The van der Waals surface area contributed by atoms with Crippen molar-refractivity contribution in [2.45, 2.75) is 12.8 Å². The number of phenolic OH excluding ortho intramolecular Hbond substituents is 2. The first-order valence-electron chi connectivity index (χ1n) is 8.46. The molecule has 0 spiro atoms. The number of hydrogen-bond acceptors (Lipinski definition) is 5. The summed E-state index contributed by atoms with van der Waals surface area (Å²) in [6, 6.07) is 11.6. The number of hydrogen-bond donors (Lipinski definition) is 3. The molecule has 6 heteroatoms. The molecule has 0 aliphatic rings. The van der Waals surface area contributed by atoms with Gasteiger partial charge in [-0.15, -0.1) is 0 Å². The van der Waals surface area contributed by atoms with E-state index < -0.39 is 0 Å². The Morgan fingerprint density at radius 3 is 2.56 bits per heavy atom. The van der Waals surface area contributed by atoms with Crippen LogP contribution in [0.2, 0.25) is 0 Å². The molecule has 0 amide bonds. The van der Waals surface area contributed by atoms with Crippen molar-refractivity contribution in [3.05, 3.63) is 65.9 Å². The lowest BCUT2D eigenvalue weighted by atomic mass is 10.1. The summed E-state index contributed by atoms with van der Waals surface area (Å²) in [5.74, 6) is 0.683. The molecule has 1 aromatic heterocycles. The molecule has 0 aliphatic heterocycles. The molecule has 0 unspecified atom stereocenters. The fourth-order valence-corrected chi connectivity index (χ4v) is 3.47. The first-order valence-corrected chi connectivity index (χ1v) is 9.44. The molecule has 2 aromatic carbocycles. The number of carbonyl (C=O) groups excluding carboxylic acids is 2. The minimum absolute atomic E-state index is 0.145. The average Bonchev–Trinajstić information content (AvgIpc) is 3.03. The van der Waals surface area contributed by atoms with Crippen molar-refractivity contribution in [3.8, 4) is 11.5 Å². The summed E-state index contributed by atoms with van der Waals surface area (Å²) in [7, 11) is 0. The molecule has 3 rings (SSSR count). The van der Waals surface area contributed by atoms with Gasteiger partial charge in [-0.05, 0) is 54.0 Å². The van der Waals surface area contributed by atoms with E-state index in [0.29, 0.717) is 12.2 Å². The first kappa shape index (κ1) is 18.8. The molecule has 0 bridgehead atoms. The maximum atomic E-state index is 12.0. The van der Waals surface area contributed by atoms with Crippen molar-refractivity contribution in [3.63, 3.8) is 0 Å². The molecule has 27 heavy (non-hydrogen) atoms. The Morgan fingerprint density at radius 2 is 1.78 bits per heavy atom. The SMILES string of the molecule is O=C(/C=C/c1ccc(O)cc1)CC(=O)SCCc1c[nH]c2ccc(O)cc12. The van der Waals surface area contributed by atoms with Crippen LogP contribution in [0, 0.1) is 0 Å². The molecule has 0 fully saturated rings. The number of fused-ring (bicyclic) bond motifs is 1. The van der Waals surface area contributed by atoms with Crippen molar-refractivity contribution in [2.24, 2.45) is 0 Å². The Labute approximate surface area is 160 Å². The normalized spacial score (nSPS) is 11.3. The number of carbonyl (C=O) groups is 2. The Morgan fingerprint density at radius 1 is 1.04 bits per heavy atom. The number of allylic oxidation sites excluding steroid dienone is 1. The molecule has 3 N–H and O–H groups in total. The van der Waals surface area contributed by atoms with Crippen LogP contribution in [0.1, 0.15) is 17.5 Å². The lowest BCUT2D eigenvalue weighted by Gasteiger charge is -2.00. The largest absolute Gasteiger partial charge is 0.508 e. The summed E-state index contributed by atoms with van der Waals surface area (Å²) < 4.78 is 0. The molecule has 0 saturated carbocycles. The number of H-pyrrole nitrogens is 1. The van der Waals surface area contributed by atoms with Gasteiger partial charge in [0.15, 0.2) is 10.9 Å². The topological polar surface area (TPSA) is 90.4 Å². The minimum Gasteiger partial charge on any atom is -0.508 e. The molecule has 138 valence electrons. The Kier molecular flexibility index (Phi) is 5.98. The van der Waals surface area contributed by atoms with Crippen LogP contribution in [0.3, 0.4) is 0 Å². The van der Waals surface area contributed by atoms with E-state index in [1.807, 2.05) is 12.3 Å². The maximum Gasteiger partial charge on any atom is 0.196 e. The predicted molar refractivity (Wildman–Crippen MR) is 108 cm³/mol. The van der Waals surface area contributed by atoms with Crippen LogP contribution in [-0.4, -0.2) is 31.8 Å². The van der Waals surface area contributed by atoms with Gasteiger partial charge in [-0.1, -0.05) is 30.0 Å². The second kappa shape index (κ2) is 8.60. The van der Waals surface area contributed by atoms with Crippen LogP contribution in [-0.2, 0) is 16.0 Å². The van der Waals surface area contributed by atoms with Crippen LogP contribution in [0.15, 0.2) is 54.7 Å². The molecule has 0 atom stereocenters. The monoisotopic (exact) mass is 381 g/mol. The zero-order valence-corrected chi connectivity index (χ0v) is 15.3. The van der Waals surface area contributed by atoms with Gasteiger partial charge < -0.3 is 15.2 Å². The van der Waals surface area contributed by atoms with Gasteiger partial charge in [-0.25, -0.2) is 0 Å². The lowest BCUT2D eigenvalue weighted by Crippen LogP contribution is -2.03. The third-order valence-corrected chi connectivity index (χ3v) is 4.93. The molecule has 5 nitrogen and oxygen atoms in total. The van der Waals surface area contributed by atoms with E-state index in [4.69, 9.17) is 0 Å². The van der Waals surface area contributed by atoms with Crippen molar-refractivity contribution in [1.82, 2.24) is 4.98 Å². The van der Waals surface area contributed by atoms with E-state index >= 15 is 0 Å². The van der Waals surface area contributed by atoms with Gasteiger partial charge in [0, 0.05) is 22.9 Å². The number of benzene rings is 2. The number of aryl methyl sites for hydroxylation is 1. The molecular weight excluding hydrogens is 362 g/mol. The number of rotatable bonds is 7. The van der Waals surface area contributed by atoms with E-state index in [2.05, 4.69) is 4.98 Å². The van der Waals surface area contributed by atoms with E-state index in [1.165, 1.54) is 18.2 Å². The molecule has 0 radical (unpaired) electrons. The van der Waals surface area contributed by atoms with Gasteiger partial charge >= 0.3 is 0 Å². The number of ketones is 1. The first-order chi connectivity index (χ1) is 13.0. The summed E-state index contributed by atoms with van der Waals surface area (Å²) in [5, 5.41) is 19.6. The van der Waals surface area contributed by atoms with Crippen LogP contribution >= 0.6 is 11.8 Å². The summed E-state index contributed by atoms with van der Waals surface area (Å²) in [5.41, 5.74) is 2.75. The van der Waals surface area contributed by atoms with Crippen molar-refractivity contribution < 1.29 is 19.8 Å². The minimum atomic E-state index is -0.252. The average molecular weight is 381 g/mol. The molecule has 0 aliphatic carbocycles. The molecule has 3 aromatic rings. The zero-order valence-electron chi connectivity index (χ0n) is 14.5. The van der Waals surface area contributed by atoms with Crippen LogP contribution in [0.5, 0.6) is 11.5 Å². The van der Waals surface area contributed by atoms with Gasteiger partial charge in [-0.3, -0.25) is 9.59 Å². The quantitative estimate of drug-likeness (QED) is 0.424. The van der Waals surface area contributed by atoms with E-state index in [1.54, 1.807) is 30.3 Å². The summed E-state index contributed by atoms with van der Waals surface area (Å²) in [6.07, 6.45) is 5.40. The number of aromatic nitrogens is 1. The van der Waals surface area contributed by atoms with Gasteiger partial charge in [0.25, 0.3) is 0 Å².